The molecule has 8 nitrogen and oxygen atoms in total. The van der Waals surface area contributed by atoms with E-state index in [4.69, 9.17) is 5.73 Å². The van der Waals surface area contributed by atoms with Crippen molar-refractivity contribution >= 4 is 28.8 Å². The zero-order chi connectivity index (χ0) is 14.7. The van der Waals surface area contributed by atoms with Crippen LogP contribution < -0.4 is 11.1 Å². The molecule has 1 aromatic heterocycles. The lowest BCUT2D eigenvalue weighted by Gasteiger charge is -2.07. The molecule has 0 bridgehead atoms. The standard InChI is InChI=1S/C12H12N6O2/c1-7(2)10-15-11(13)17-12(16-10)14-8-4-3-5-9(6-8)18(19)20/h3-6H,1H2,2H3,(H3,13,14,15,16,17). The van der Waals surface area contributed by atoms with Crippen LogP contribution in [0.3, 0.4) is 0 Å². The zero-order valence-electron chi connectivity index (χ0n) is 10.7. The Kier molecular flexibility index (Phi) is 3.56. The van der Waals surface area contributed by atoms with E-state index < -0.39 is 4.92 Å². The lowest BCUT2D eigenvalue weighted by molar-refractivity contribution is -0.384. The van der Waals surface area contributed by atoms with E-state index >= 15 is 0 Å². The predicted octanol–water partition coefficient (Wildman–Crippen LogP) is 2.14. The molecule has 20 heavy (non-hydrogen) atoms. The molecule has 0 aliphatic rings. The van der Waals surface area contributed by atoms with Gasteiger partial charge in [0.05, 0.1) is 4.92 Å². The fourth-order valence-corrected chi connectivity index (χ4v) is 1.47. The van der Waals surface area contributed by atoms with Gasteiger partial charge in [-0.3, -0.25) is 10.1 Å². The maximum atomic E-state index is 10.7. The molecule has 0 spiro atoms. The van der Waals surface area contributed by atoms with Gasteiger partial charge in [0.25, 0.3) is 5.69 Å². The maximum Gasteiger partial charge on any atom is 0.271 e. The number of nitro groups is 1. The second-order valence-corrected chi connectivity index (χ2v) is 4.05. The first-order chi connectivity index (χ1) is 9.45. The molecule has 1 aromatic carbocycles. The van der Waals surface area contributed by atoms with Crippen molar-refractivity contribution in [3.63, 3.8) is 0 Å². The SMILES string of the molecule is C=C(C)c1nc(N)nc(Nc2cccc([N+](=O)[O-])c2)n1. The monoisotopic (exact) mass is 272 g/mol. The van der Waals surface area contributed by atoms with Crippen molar-refractivity contribution in [1.82, 2.24) is 15.0 Å². The van der Waals surface area contributed by atoms with Crippen molar-refractivity contribution < 1.29 is 4.92 Å². The molecule has 0 fully saturated rings. The van der Waals surface area contributed by atoms with Crippen LogP contribution in [0, 0.1) is 10.1 Å². The van der Waals surface area contributed by atoms with Crippen LogP contribution in [-0.4, -0.2) is 19.9 Å². The summed E-state index contributed by atoms with van der Waals surface area (Å²) in [6, 6.07) is 5.99. The molecule has 0 radical (unpaired) electrons. The van der Waals surface area contributed by atoms with E-state index in [1.54, 1.807) is 19.1 Å². The number of aromatic nitrogens is 3. The molecule has 102 valence electrons. The first-order valence-corrected chi connectivity index (χ1v) is 5.64. The van der Waals surface area contributed by atoms with Gasteiger partial charge in [-0.25, -0.2) is 0 Å². The van der Waals surface area contributed by atoms with Crippen molar-refractivity contribution in [1.29, 1.82) is 0 Å². The first-order valence-electron chi connectivity index (χ1n) is 5.64. The number of nitrogen functional groups attached to an aromatic ring is 1. The number of non-ortho nitro benzene ring substituents is 1. The predicted molar refractivity (Wildman–Crippen MR) is 75.3 cm³/mol. The van der Waals surface area contributed by atoms with Gasteiger partial charge >= 0.3 is 0 Å². The number of nitro benzene ring substituents is 1. The molecule has 0 saturated heterocycles. The van der Waals surface area contributed by atoms with E-state index in [1.165, 1.54) is 12.1 Å². The number of allylic oxidation sites excluding steroid dienone is 1. The Bertz CT molecular complexity index is 685. The van der Waals surface area contributed by atoms with Crippen molar-refractivity contribution in [2.45, 2.75) is 6.92 Å². The van der Waals surface area contributed by atoms with Crippen LogP contribution in [0.5, 0.6) is 0 Å². The largest absolute Gasteiger partial charge is 0.368 e. The summed E-state index contributed by atoms with van der Waals surface area (Å²) >= 11 is 0. The number of hydrogen-bond donors (Lipinski definition) is 2. The molecule has 0 aliphatic heterocycles. The fourth-order valence-electron chi connectivity index (χ4n) is 1.47. The van der Waals surface area contributed by atoms with E-state index in [0.29, 0.717) is 17.1 Å². The number of nitrogens with one attached hydrogen (secondary N) is 1. The topological polar surface area (TPSA) is 120 Å². The Morgan fingerprint density at radius 3 is 2.80 bits per heavy atom. The van der Waals surface area contributed by atoms with Crippen molar-refractivity contribution in [3.05, 3.63) is 46.8 Å². The molecule has 0 aliphatic carbocycles. The van der Waals surface area contributed by atoms with Crippen molar-refractivity contribution in [2.75, 3.05) is 11.1 Å². The quantitative estimate of drug-likeness (QED) is 0.646. The molecule has 2 aromatic rings. The number of hydrogen-bond acceptors (Lipinski definition) is 7. The molecule has 8 heteroatoms. The molecular formula is C12H12N6O2. The molecule has 0 amide bonds. The van der Waals surface area contributed by atoms with E-state index in [-0.39, 0.29) is 17.6 Å². The normalized spacial score (nSPS) is 10.1. The minimum Gasteiger partial charge on any atom is -0.368 e. The van der Waals surface area contributed by atoms with Crippen LogP contribution in [0.25, 0.3) is 5.57 Å². The summed E-state index contributed by atoms with van der Waals surface area (Å²) in [7, 11) is 0. The highest BCUT2D eigenvalue weighted by atomic mass is 16.6. The number of nitrogens with two attached hydrogens (primary N) is 1. The molecule has 2 rings (SSSR count). The Morgan fingerprint density at radius 1 is 1.40 bits per heavy atom. The van der Waals surface area contributed by atoms with E-state index in [2.05, 4.69) is 26.8 Å². The minimum atomic E-state index is -0.480. The highest BCUT2D eigenvalue weighted by molar-refractivity contribution is 5.61. The van der Waals surface area contributed by atoms with Gasteiger partial charge in [0.15, 0.2) is 5.82 Å². The number of nitrogens with zero attached hydrogens (tertiary/aromatic N) is 4. The summed E-state index contributed by atoms with van der Waals surface area (Å²) in [4.78, 5) is 22.2. The Morgan fingerprint density at radius 2 is 2.15 bits per heavy atom. The Balaban J connectivity index is 2.32. The summed E-state index contributed by atoms with van der Waals surface area (Å²) in [5.74, 6) is 0.618. The third-order valence-corrected chi connectivity index (χ3v) is 2.35. The summed E-state index contributed by atoms with van der Waals surface area (Å²) in [5, 5.41) is 13.6. The smallest absolute Gasteiger partial charge is 0.271 e. The second-order valence-electron chi connectivity index (χ2n) is 4.05. The van der Waals surface area contributed by atoms with Crippen LogP contribution in [0.15, 0.2) is 30.8 Å². The molecule has 0 atom stereocenters. The Hall–Kier alpha value is -3.03. The maximum absolute atomic E-state index is 10.7. The third-order valence-electron chi connectivity index (χ3n) is 2.35. The number of anilines is 3. The van der Waals surface area contributed by atoms with Crippen LogP contribution in [0.1, 0.15) is 12.7 Å². The highest BCUT2D eigenvalue weighted by Gasteiger charge is 2.08. The van der Waals surface area contributed by atoms with Gasteiger partial charge in [-0.1, -0.05) is 12.6 Å². The Labute approximate surface area is 114 Å². The summed E-state index contributed by atoms with van der Waals surface area (Å²) in [6.45, 7) is 5.47. The first kappa shape index (κ1) is 13.4. The van der Waals surface area contributed by atoms with Crippen LogP contribution in [0.2, 0.25) is 0 Å². The summed E-state index contributed by atoms with van der Waals surface area (Å²) in [5.41, 5.74) is 6.67. The molecule has 0 saturated carbocycles. The van der Waals surface area contributed by atoms with Crippen molar-refractivity contribution in [2.24, 2.45) is 0 Å². The van der Waals surface area contributed by atoms with Gasteiger partial charge in [0.2, 0.25) is 11.9 Å². The molecule has 1 heterocycles. The van der Waals surface area contributed by atoms with Crippen LogP contribution >= 0.6 is 0 Å². The lowest BCUT2D eigenvalue weighted by atomic mass is 10.3. The second kappa shape index (κ2) is 5.31. The van der Waals surface area contributed by atoms with Crippen LogP contribution in [0.4, 0.5) is 23.3 Å². The number of rotatable bonds is 4. The van der Waals surface area contributed by atoms with Gasteiger partial charge in [0.1, 0.15) is 0 Å². The van der Waals surface area contributed by atoms with Crippen LogP contribution in [-0.2, 0) is 0 Å². The van der Waals surface area contributed by atoms with E-state index in [9.17, 15) is 10.1 Å². The summed E-state index contributed by atoms with van der Waals surface area (Å²) in [6.07, 6.45) is 0. The van der Waals surface area contributed by atoms with Gasteiger partial charge < -0.3 is 11.1 Å². The average molecular weight is 272 g/mol. The van der Waals surface area contributed by atoms with Gasteiger partial charge in [0, 0.05) is 17.8 Å². The summed E-state index contributed by atoms with van der Waals surface area (Å²) < 4.78 is 0. The third kappa shape index (κ3) is 3.05. The van der Waals surface area contributed by atoms with Crippen molar-refractivity contribution in [3.8, 4) is 0 Å². The minimum absolute atomic E-state index is 0.0304. The van der Waals surface area contributed by atoms with Gasteiger partial charge in [-0.15, -0.1) is 0 Å². The highest BCUT2D eigenvalue weighted by Crippen LogP contribution is 2.20. The van der Waals surface area contributed by atoms with E-state index in [0.717, 1.165) is 0 Å². The van der Waals surface area contributed by atoms with Gasteiger partial charge in [-0.2, -0.15) is 15.0 Å². The average Bonchev–Trinajstić information content (AvgIpc) is 2.38. The lowest BCUT2D eigenvalue weighted by Crippen LogP contribution is -2.06. The zero-order valence-corrected chi connectivity index (χ0v) is 10.7. The van der Waals surface area contributed by atoms with E-state index in [1.807, 2.05) is 0 Å². The molecule has 3 N–H and O–H groups in total. The fraction of sp³-hybridized carbons (Fsp3) is 0.0833. The van der Waals surface area contributed by atoms with Gasteiger partial charge in [-0.05, 0) is 18.6 Å². The molecule has 0 unspecified atom stereocenters. The molecular weight excluding hydrogens is 260 g/mol. The number of benzene rings is 1.